The molecule has 0 aromatic rings. The molecule has 3 heteroatoms. The number of methoxy groups -OCH3 is 1. The lowest BCUT2D eigenvalue weighted by atomic mass is 10.0. The Bertz CT molecular complexity index is 171. The van der Waals surface area contributed by atoms with Crippen molar-refractivity contribution in [1.82, 2.24) is 5.32 Å². The summed E-state index contributed by atoms with van der Waals surface area (Å²) in [5.74, 6) is 0.431. The zero-order chi connectivity index (χ0) is 11.1. The molecule has 0 heterocycles. The molecule has 0 spiro atoms. The Labute approximate surface area is 87.2 Å². The van der Waals surface area contributed by atoms with Gasteiger partial charge in [-0.2, -0.15) is 0 Å². The second-order valence-electron chi connectivity index (χ2n) is 4.01. The molecular weight excluding hydrogens is 178 g/mol. The average Bonchev–Trinajstić information content (AvgIpc) is 2.22. The Kier molecular flexibility index (Phi) is 6.54. The van der Waals surface area contributed by atoms with Crippen LogP contribution in [-0.2, 0) is 9.53 Å². The van der Waals surface area contributed by atoms with Gasteiger partial charge in [0.1, 0.15) is 0 Å². The van der Waals surface area contributed by atoms with Crippen molar-refractivity contribution in [3.05, 3.63) is 0 Å². The maximum absolute atomic E-state index is 11.1. The molecule has 3 unspecified atom stereocenters. The van der Waals surface area contributed by atoms with Gasteiger partial charge < -0.3 is 10.1 Å². The minimum Gasteiger partial charge on any atom is -0.469 e. The SMILES string of the molecule is CCC(C)C(C)NCC(C)C(=O)OC. The van der Waals surface area contributed by atoms with Gasteiger partial charge in [0.15, 0.2) is 0 Å². The standard InChI is InChI=1S/C11H23NO2/c1-6-8(2)10(4)12-7-9(3)11(13)14-5/h8-10,12H,6-7H2,1-5H3. The molecule has 0 aliphatic carbocycles. The predicted octanol–water partition coefficient (Wildman–Crippen LogP) is 1.82. The van der Waals surface area contributed by atoms with Gasteiger partial charge in [-0.1, -0.05) is 27.2 Å². The summed E-state index contributed by atoms with van der Waals surface area (Å²) < 4.78 is 4.65. The van der Waals surface area contributed by atoms with Crippen molar-refractivity contribution in [2.24, 2.45) is 11.8 Å². The minimum absolute atomic E-state index is 0.0634. The number of carbonyl (C=O) groups is 1. The summed E-state index contributed by atoms with van der Waals surface area (Å²) in [6, 6.07) is 0.451. The van der Waals surface area contributed by atoms with E-state index >= 15 is 0 Å². The first-order valence-corrected chi connectivity index (χ1v) is 5.34. The third kappa shape index (κ3) is 4.61. The summed E-state index contributed by atoms with van der Waals surface area (Å²) in [6.45, 7) is 9.10. The monoisotopic (exact) mass is 201 g/mol. The van der Waals surface area contributed by atoms with E-state index in [1.54, 1.807) is 0 Å². The van der Waals surface area contributed by atoms with Crippen LogP contribution in [-0.4, -0.2) is 25.7 Å². The number of esters is 1. The molecule has 0 radical (unpaired) electrons. The molecule has 3 atom stereocenters. The van der Waals surface area contributed by atoms with E-state index in [-0.39, 0.29) is 11.9 Å². The van der Waals surface area contributed by atoms with E-state index < -0.39 is 0 Å². The fourth-order valence-corrected chi connectivity index (χ4v) is 1.20. The van der Waals surface area contributed by atoms with Crippen LogP contribution in [0, 0.1) is 11.8 Å². The lowest BCUT2D eigenvalue weighted by Crippen LogP contribution is -2.37. The maximum atomic E-state index is 11.1. The van der Waals surface area contributed by atoms with Crippen molar-refractivity contribution in [1.29, 1.82) is 0 Å². The molecule has 0 rings (SSSR count). The number of carbonyl (C=O) groups excluding carboxylic acids is 1. The van der Waals surface area contributed by atoms with Crippen molar-refractivity contribution in [3.63, 3.8) is 0 Å². The van der Waals surface area contributed by atoms with Crippen LogP contribution in [0.25, 0.3) is 0 Å². The van der Waals surface area contributed by atoms with Crippen molar-refractivity contribution in [2.75, 3.05) is 13.7 Å². The van der Waals surface area contributed by atoms with Crippen LogP contribution >= 0.6 is 0 Å². The zero-order valence-electron chi connectivity index (χ0n) is 9.96. The quantitative estimate of drug-likeness (QED) is 0.666. The fourth-order valence-electron chi connectivity index (χ4n) is 1.20. The van der Waals surface area contributed by atoms with Crippen LogP contribution in [0.4, 0.5) is 0 Å². The van der Waals surface area contributed by atoms with E-state index in [1.165, 1.54) is 7.11 Å². The van der Waals surface area contributed by atoms with Gasteiger partial charge in [-0.3, -0.25) is 4.79 Å². The summed E-state index contributed by atoms with van der Waals surface area (Å²) in [7, 11) is 1.43. The Balaban J connectivity index is 3.76. The Morgan fingerprint density at radius 3 is 2.36 bits per heavy atom. The lowest BCUT2D eigenvalue weighted by Gasteiger charge is -2.21. The first-order valence-electron chi connectivity index (χ1n) is 5.34. The van der Waals surface area contributed by atoms with Gasteiger partial charge in [0.2, 0.25) is 0 Å². The van der Waals surface area contributed by atoms with Crippen LogP contribution in [0.3, 0.4) is 0 Å². The van der Waals surface area contributed by atoms with Gasteiger partial charge in [0.05, 0.1) is 13.0 Å². The first kappa shape index (κ1) is 13.4. The largest absolute Gasteiger partial charge is 0.469 e. The molecule has 0 aromatic heterocycles. The number of hydrogen-bond acceptors (Lipinski definition) is 3. The van der Waals surface area contributed by atoms with Gasteiger partial charge in [-0.25, -0.2) is 0 Å². The van der Waals surface area contributed by atoms with E-state index in [2.05, 4.69) is 30.8 Å². The van der Waals surface area contributed by atoms with Gasteiger partial charge in [-0.15, -0.1) is 0 Å². The zero-order valence-corrected chi connectivity index (χ0v) is 9.96. The third-order valence-corrected chi connectivity index (χ3v) is 2.85. The molecular formula is C11H23NO2. The van der Waals surface area contributed by atoms with Gasteiger partial charge in [0.25, 0.3) is 0 Å². The van der Waals surface area contributed by atoms with Crippen molar-refractivity contribution in [2.45, 2.75) is 40.2 Å². The molecule has 3 nitrogen and oxygen atoms in total. The predicted molar refractivity (Wildman–Crippen MR) is 58.1 cm³/mol. The van der Waals surface area contributed by atoms with Gasteiger partial charge in [-0.05, 0) is 12.8 Å². The number of hydrogen-bond donors (Lipinski definition) is 1. The molecule has 0 amide bonds. The highest BCUT2D eigenvalue weighted by molar-refractivity contribution is 5.72. The molecule has 84 valence electrons. The Morgan fingerprint density at radius 2 is 1.93 bits per heavy atom. The van der Waals surface area contributed by atoms with Crippen LogP contribution < -0.4 is 5.32 Å². The summed E-state index contributed by atoms with van der Waals surface area (Å²) in [6.07, 6.45) is 1.15. The highest BCUT2D eigenvalue weighted by Gasteiger charge is 2.15. The number of rotatable bonds is 6. The van der Waals surface area contributed by atoms with Gasteiger partial charge in [0, 0.05) is 12.6 Å². The average molecular weight is 201 g/mol. The summed E-state index contributed by atoms with van der Waals surface area (Å²) >= 11 is 0. The maximum Gasteiger partial charge on any atom is 0.309 e. The number of nitrogens with one attached hydrogen (secondary N) is 1. The van der Waals surface area contributed by atoms with E-state index in [0.717, 1.165) is 6.42 Å². The van der Waals surface area contributed by atoms with E-state index in [9.17, 15) is 4.79 Å². The second-order valence-corrected chi connectivity index (χ2v) is 4.01. The smallest absolute Gasteiger partial charge is 0.309 e. The normalized spacial score (nSPS) is 17.2. The van der Waals surface area contributed by atoms with Gasteiger partial charge >= 0.3 is 5.97 Å². The van der Waals surface area contributed by atoms with E-state index in [0.29, 0.717) is 18.5 Å². The first-order chi connectivity index (χ1) is 6.52. The highest BCUT2D eigenvalue weighted by atomic mass is 16.5. The molecule has 0 aromatic carbocycles. The summed E-state index contributed by atoms with van der Waals surface area (Å²) in [5, 5.41) is 3.35. The van der Waals surface area contributed by atoms with Crippen LogP contribution in [0.2, 0.25) is 0 Å². The highest BCUT2D eigenvalue weighted by Crippen LogP contribution is 2.07. The van der Waals surface area contributed by atoms with Crippen LogP contribution in [0.1, 0.15) is 34.1 Å². The molecule has 14 heavy (non-hydrogen) atoms. The summed E-state index contributed by atoms with van der Waals surface area (Å²) in [4.78, 5) is 11.1. The van der Waals surface area contributed by atoms with Crippen molar-refractivity contribution >= 4 is 5.97 Å². The Morgan fingerprint density at radius 1 is 1.36 bits per heavy atom. The lowest BCUT2D eigenvalue weighted by molar-refractivity contribution is -0.144. The number of ether oxygens (including phenoxy) is 1. The second kappa shape index (κ2) is 6.82. The minimum atomic E-state index is -0.145. The molecule has 1 N–H and O–H groups in total. The third-order valence-electron chi connectivity index (χ3n) is 2.85. The molecule has 0 saturated carbocycles. The molecule has 0 aliphatic rings. The van der Waals surface area contributed by atoms with Crippen LogP contribution in [0.5, 0.6) is 0 Å². The fraction of sp³-hybridized carbons (Fsp3) is 0.909. The van der Waals surface area contributed by atoms with Crippen molar-refractivity contribution < 1.29 is 9.53 Å². The van der Waals surface area contributed by atoms with E-state index in [1.807, 2.05) is 6.92 Å². The van der Waals surface area contributed by atoms with E-state index in [4.69, 9.17) is 0 Å². The molecule has 0 aliphatic heterocycles. The Hall–Kier alpha value is -0.570. The summed E-state index contributed by atoms with van der Waals surface area (Å²) in [5.41, 5.74) is 0. The van der Waals surface area contributed by atoms with Crippen LogP contribution in [0.15, 0.2) is 0 Å². The topological polar surface area (TPSA) is 38.3 Å². The molecule has 0 bridgehead atoms. The molecule has 0 saturated heterocycles. The molecule has 0 fully saturated rings. The van der Waals surface area contributed by atoms with Crippen molar-refractivity contribution in [3.8, 4) is 0 Å².